The average molecular weight is 266 g/mol. The molecule has 0 atom stereocenters. The Balaban J connectivity index is 2.06. The fourth-order valence-corrected chi connectivity index (χ4v) is 2.34. The van der Waals surface area contributed by atoms with Crippen molar-refractivity contribution in [2.45, 2.75) is 51.7 Å². The van der Waals surface area contributed by atoms with E-state index in [0.29, 0.717) is 19.1 Å². The SMILES string of the molecule is CC(C)NCCCCN1CCC(C(F)(F)F)CC1. The monoisotopic (exact) mass is 266 g/mol. The fourth-order valence-electron chi connectivity index (χ4n) is 2.34. The summed E-state index contributed by atoms with van der Waals surface area (Å²) in [4.78, 5) is 2.16. The predicted molar refractivity (Wildman–Crippen MR) is 67.6 cm³/mol. The summed E-state index contributed by atoms with van der Waals surface area (Å²) in [6.07, 6.45) is -1.29. The van der Waals surface area contributed by atoms with Gasteiger partial charge in [-0.05, 0) is 51.9 Å². The molecule has 0 aliphatic carbocycles. The van der Waals surface area contributed by atoms with Gasteiger partial charge in [-0.15, -0.1) is 0 Å². The van der Waals surface area contributed by atoms with Gasteiger partial charge in [0, 0.05) is 6.04 Å². The van der Waals surface area contributed by atoms with E-state index in [9.17, 15) is 13.2 Å². The van der Waals surface area contributed by atoms with Crippen LogP contribution < -0.4 is 5.32 Å². The molecule has 1 heterocycles. The fraction of sp³-hybridized carbons (Fsp3) is 1.00. The maximum atomic E-state index is 12.5. The van der Waals surface area contributed by atoms with Gasteiger partial charge in [0.15, 0.2) is 0 Å². The largest absolute Gasteiger partial charge is 0.391 e. The first-order valence-electron chi connectivity index (χ1n) is 6.92. The van der Waals surface area contributed by atoms with Crippen LogP contribution in [0.4, 0.5) is 13.2 Å². The first-order chi connectivity index (χ1) is 8.39. The van der Waals surface area contributed by atoms with E-state index in [4.69, 9.17) is 0 Å². The van der Waals surface area contributed by atoms with Gasteiger partial charge in [-0.25, -0.2) is 0 Å². The van der Waals surface area contributed by atoms with Gasteiger partial charge in [0.25, 0.3) is 0 Å². The molecule has 1 fully saturated rings. The molecule has 1 saturated heterocycles. The van der Waals surface area contributed by atoms with Crippen LogP contribution >= 0.6 is 0 Å². The lowest BCUT2D eigenvalue weighted by molar-refractivity contribution is -0.185. The van der Waals surface area contributed by atoms with Gasteiger partial charge in [0.05, 0.1) is 5.92 Å². The Morgan fingerprint density at radius 3 is 2.28 bits per heavy atom. The molecule has 0 saturated carbocycles. The van der Waals surface area contributed by atoms with E-state index in [1.807, 2.05) is 0 Å². The van der Waals surface area contributed by atoms with Crippen molar-refractivity contribution in [2.24, 2.45) is 5.92 Å². The Kier molecular flexibility index (Phi) is 6.43. The highest BCUT2D eigenvalue weighted by Crippen LogP contribution is 2.33. The molecule has 0 spiro atoms. The van der Waals surface area contributed by atoms with Crippen molar-refractivity contribution < 1.29 is 13.2 Å². The Bertz CT molecular complexity index is 221. The van der Waals surface area contributed by atoms with Crippen molar-refractivity contribution in [1.29, 1.82) is 0 Å². The van der Waals surface area contributed by atoms with Crippen LogP contribution in [0.2, 0.25) is 0 Å². The first kappa shape index (κ1) is 15.8. The summed E-state index contributed by atoms with van der Waals surface area (Å²) >= 11 is 0. The average Bonchev–Trinajstić information content (AvgIpc) is 2.27. The van der Waals surface area contributed by atoms with E-state index in [-0.39, 0.29) is 12.8 Å². The van der Waals surface area contributed by atoms with Crippen LogP contribution in [0, 0.1) is 5.92 Å². The van der Waals surface area contributed by atoms with E-state index in [0.717, 1.165) is 25.9 Å². The lowest BCUT2D eigenvalue weighted by Crippen LogP contribution is -2.39. The molecular formula is C13H25F3N2. The van der Waals surface area contributed by atoms with Crippen molar-refractivity contribution in [2.75, 3.05) is 26.2 Å². The molecule has 1 aliphatic rings. The minimum absolute atomic E-state index is 0.272. The quantitative estimate of drug-likeness (QED) is 0.743. The zero-order valence-electron chi connectivity index (χ0n) is 11.4. The number of nitrogens with one attached hydrogen (secondary N) is 1. The summed E-state index contributed by atoms with van der Waals surface area (Å²) in [5.74, 6) is -1.07. The Labute approximate surface area is 108 Å². The normalized spacial score (nSPS) is 19.7. The second kappa shape index (κ2) is 7.34. The molecule has 108 valence electrons. The first-order valence-corrected chi connectivity index (χ1v) is 6.92. The second-order valence-electron chi connectivity index (χ2n) is 5.47. The van der Waals surface area contributed by atoms with Gasteiger partial charge in [-0.1, -0.05) is 13.8 Å². The minimum atomic E-state index is -3.99. The van der Waals surface area contributed by atoms with E-state index >= 15 is 0 Å². The van der Waals surface area contributed by atoms with E-state index in [1.54, 1.807) is 0 Å². The van der Waals surface area contributed by atoms with Crippen molar-refractivity contribution in [1.82, 2.24) is 10.2 Å². The number of rotatable bonds is 6. The number of alkyl halides is 3. The van der Waals surface area contributed by atoms with Gasteiger partial charge in [0.2, 0.25) is 0 Å². The van der Waals surface area contributed by atoms with Gasteiger partial charge < -0.3 is 10.2 Å². The number of likely N-dealkylation sites (tertiary alicyclic amines) is 1. The summed E-state index contributed by atoms with van der Waals surface area (Å²) in [6.45, 7) is 7.36. The number of nitrogens with zero attached hydrogens (tertiary/aromatic N) is 1. The highest BCUT2D eigenvalue weighted by atomic mass is 19.4. The maximum absolute atomic E-state index is 12.5. The van der Waals surface area contributed by atoms with Crippen molar-refractivity contribution in [3.63, 3.8) is 0 Å². The molecule has 0 aromatic rings. The van der Waals surface area contributed by atoms with Crippen LogP contribution in [-0.2, 0) is 0 Å². The molecular weight excluding hydrogens is 241 g/mol. The molecule has 5 heteroatoms. The summed E-state index contributed by atoms with van der Waals surface area (Å²) in [6, 6.07) is 0.507. The zero-order valence-corrected chi connectivity index (χ0v) is 11.4. The highest BCUT2D eigenvalue weighted by Gasteiger charge is 2.40. The molecule has 1 rings (SSSR count). The number of hydrogen-bond donors (Lipinski definition) is 1. The predicted octanol–water partition coefficient (Wildman–Crippen LogP) is 3.04. The summed E-state index contributed by atoms with van der Waals surface area (Å²) in [5, 5.41) is 3.34. The third kappa shape index (κ3) is 6.05. The topological polar surface area (TPSA) is 15.3 Å². The van der Waals surface area contributed by atoms with Gasteiger partial charge in [-0.2, -0.15) is 13.2 Å². The van der Waals surface area contributed by atoms with E-state index < -0.39 is 12.1 Å². The molecule has 1 aliphatic heterocycles. The van der Waals surface area contributed by atoms with Crippen molar-refractivity contribution in [3.8, 4) is 0 Å². The summed E-state index contributed by atoms with van der Waals surface area (Å²) in [5.41, 5.74) is 0. The number of halogens is 3. The minimum Gasteiger partial charge on any atom is -0.315 e. The van der Waals surface area contributed by atoms with Crippen LogP contribution in [0.25, 0.3) is 0 Å². The van der Waals surface area contributed by atoms with E-state index in [2.05, 4.69) is 24.1 Å². The maximum Gasteiger partial charge on any atom is 0.391 e. The zero-order chi connectivity index (χ0) is 13.6. The molecule has 0 bridgehead atoms. The van der Waals surface area contributed by atoms with Crippen LogP contribution in [0.3, 0.4) is 0 Å². The number of piperidine rings is 1. The van der Waals surface area contributed by atoms with Gasteiger partial charge >= 0.3 is 6.18 Å². The Hall–Kier alpha value is -0.290. The smallest absolute Gasteiger partial charge is 0.315 e. The lowest BCUT2D eigenvalue weighted by atomic mass is 9.96. The molecule has 0 unspecified atom stereocenters. The van der Waals surface area contributed by atoms with E-state index in [1.165, 1.54) is 0 Å². The standard InChI is InChI=1S/C13H25F3N2/c1-11(2)17-7-3-4-8-18-9-5-12(6-10-18)13(14,15)16/h11-12,17H,3-10H2,1-2H3. The van der Waals surface area contributed by atoms with Crippen molar-refractivity contribution in [3.05, 3.63) is 0 Å². The molecule has 18 heavy (non-hydrogen) atoms. The molecule has 0 aromatic carbocycles. The third-order valence-electron chi connectivity index (χ3n) is 3.50. The number of hydrogen-bond acceptors (Lipinski definition) is 2. The van der Waals surface area contributed by atoms with Crippen LogP contribution in [0.1, 0.15) is 39.5 Å². The molecule has 1 N–H and O–H groups in total. The van der Waals surface area contributed by atoms with Gasteiger partial charge in [0.1, 0.15) is 0 Å². The van der Waals surface area contributed by atoms with Crippen LogP contribution in [-0.4, -0.2) is 43.3 Å². The molecule has 0 amide bonds. The van der Waals surface area contributed by atoms with Crippen LogP contribution in [0.15, 0.2) is 0 Å². The van der Waals surface area contributed by atoms with Crippen molar-refractivity contribution >= 4 is 0 Å². The molecule has 0 aromatic heterocycles. The third-order valence-corrected chi connectivity index (χ3v) is 3.50. The Morgan fingerprint density at radius 1 is 1.17 bits per heavy atom. The highest BCUT2D eigenvalue weighted by molar-refractivity contribution is 4.77. The Morgan fingerprint density at radius 2 is 1.78 bits per heavy atom. The lowest BCUT2D eigenvalue weighted by Gasteiger charge is -2.32. The second-order valence-corrected chi connectivity index (χ2v) is 5.47. The van der Waals surface area contributed by atoms with Crippen LogP contribution in [0.5, 0.6) is 0 Å². The summed E-state index contributed by atoms with van der Waals surface area (Å²) < 4.78 is 37.4. The number of unbranched alkanes of at least 4 members (excludes halogenated alkanes) is 1. The molecule has 0 radical (unpaired) electrons. The molecule has 2 nitrogen and oxygen atoms in total. The summed E-state index contributed by atoms with van der Waals surface area (Å²) in [7, 11) is 0. The van der Waals surface area contributed by atoms with Gasteiger partial charge in [-0.3, -0.25) is 0 Å².